The average Bonchev–Trinajstić information content (AvgIpc) is 3.04. The maximum atomic E-state index is 5.05. The number of aromatic nitrogens is 3. The van der Waals surface area contributed by atoms with Crippen LogP contribution in [0, 0.1) is 0 Å². The largest absolute Gasteiger partial charge is 0.208 e. The van der Waals surface area contributed by atoms with E-state index in [1.807, 2.05) is 0 Å². The lowest BCUT2D eigenvalue weighted by Crippen LogP contribution is -2.00. The zero-order chi connectivity index (χ0) is 27.3. The lowest BCUT2D eigenvalue weighted by Gasteiger charge is -2.11. The Kier molecular flexibility index (Phi) is 5.61. The Hall–Kier alpha value is -4.93. The van der Waals surface area contributed by atoms with Crippen LogP contribution in [0.5, 0.6) is 0 Å². The van der Waals surface area contributed by atoms with Crippen LogP contribution in [0.15, 0.2) is 138 Å². The van der Waals surface area contributed by atoms with Gasteiger partial charge in [-0.2, -0.15) is 0 Å². The van der Waals surface area contributed by atoms with Gasteiger partial charge in [-0.25, -0.2) is 15.0 Å². The first-order chi connectivity index (χ1) is 20.2. The second kappa shape index (κ2) is 9.61. The van der Waals surface area contributed by atoms with E-state index >= 15 is 0 Å². The summed E-state index contributed by atoms with van der Waals surface area (Å²) in [6.07, 6.45) is 0. The number of fused-ring (bicyclic) bond motifs is 5. The number of rotatable bonds is 3. The molecule has 7 aromatic carbocycles. The molecule has 8 rings (SSSR count). The summed E-state index contributed by atoms with van der Waals surface area (Å²) in [5.74, 6) is 1.94. The average molecular weight is 589 g/mol. The van der Waals surface area contributed by atoms with Gasteiger partial charge in [0, 0.05) is 21.2 Å². The zero-order valence-corrected chi connectivity index (χ0v) is 23.5. The molecule has 0 radical (unpaired) electrons. The number of halogens is 1. The summed E-state index contributed by atoms with van der Waals surface area (Å²) in [4.78, 5) is 15.1. The van der Waals surface area contributed by atoms with Gasteiger partial charge in [-0.3, -0.25) is 0 Å². The first kappa shape index (κ1) is 23.9. The van der Waals surface area contributed by atoms with Crippen LogP contribution in [0.3, 0.4) is 0 Å². The van der Waals surface area contributed by atoms with E-state index in [-0.39, 0.29) is 0 Å². The molecule has 0 amide bonds. The van der Waals surface area contributed by atoms with Crippen molar-refractivity contribution >= 4 is 59.0 Å². The van der Waals surface area contributed by atoms with E-state index < -0.39 is 0 Å². The fraction of sp³-hybridized carbons (Fsp3) is 0. The standard InChI is InChI=1S/C37H22BrN3/c38-34-22-30(20-27-10-4-6-12-32(27)34)37-40-35(28-17-13-23-7-1-2-9-26(23)19-28)39-36(41-37)29-18-16-25-15-14-24-8-3-5-11-31(24)33(25)21-29/h1-22H. The normalized spacial score (nSPS) is 11.5. The van der Waals surface area contributed by atoms with Crippen molar-refractivity contribution in [2.75, 3.05) is 0 Å². The fourth-order valence-corrected chi connectivity index (χ4v) is 6.23. The summed E-state index contributed by atoms with van der Waals surface area (Å²) >= 11 is 3.78. The topological polar surface area (TPSA) is 38.7 Å². The van der Waals surface area contributed by atoms with Gasteiger partial charge >= 0.3 is 0 Å². The molecule has 0 atom stereocenters. The molecule has 1 aromatic heterocycles. The van der Waals surface area contributed by atoms with Gasteiger partial charge < -0.3 is 0 Å². The summed E-state index contributed by atoms with van der Waals surface area (Å²) < 4.78 is 1.01. The number of nitrogens with zero attached hydrogens (tertiary/aromatic N) is 3. The molecule has 3 nitrogen and oxygen atoms in total. The maximum absolute atomic E-state index is 5.05. The predicted molar refractivity (Wildman–Crippen MR) is 174 cm³/mol. The monoisotopic (exact) mass is 587 g/mol. The smallest absolute Gasteiger partial charge is 0.164 e. The Labute approximate surface area is 245 Å². The molecule has 0 N–H and O–H groups in total. The van der Waals surface area contributed by atoms with Crippen LogP contribution in [0.4, 0.5) is 0 Å². The van der Waals surface area contributed by atoms with Crippen molar-refractivity contribution in [3.8, 4) is 34.2 Å². The van der Waals surface area contributed by atoms with E-state index in [2.05, 4.69) is 149 Å². The molecule has 0 unspecified atom stereocenters. The summed E-state index contributed by atoms with van der Waals surface area (Å²) in [6.45, 7) is 0. The Bertz CT molecular complexity index is 2290. The highest BCUT2D eigenvalue weighted by Crippen LogP contribution is 2.34. The van der Waals surface area contributed by atoms with Crippen LogP contribution in [0.25, 0.3) is 77.3 Å². The van der Waals surface area contributed by atoms with Crippen LogP contribution in [-0.2, 0) is 0 Å². The van der Waals surface area contributed by atoms with Crippen molar-refractivity contribution in [3.63, 3.8) is 0 Å². The lowest BCUT2D eigenvalue weighted by molar-refractivity contribution is 1.08. The van der Waals surface area contributed by atoms with Crippen LogP contribution in [0.2, 0.25) is 0 Å². The van der Waals surface area contributed by atoms with E-state index in [4.69, 9.17) is 15.0 Å². The quantitative estimate of drug-likeness (QED) is 0.193. The van der Waals surface area contributed by atoms with Gasteiger partial charge in [-0.1, -0.05) is 125 Å². The minimum Gasteiger partial charge on any atom is -0.208 e. The molecule has 41 heavy (non-hydrogen) atoms. The number of hydrogen-bond acceptors (Lipinski definition) is 3. The van der Waals surface area contributed by atoms with E-state index in [9.17, 15) is 0 Å². The first-order valence-corrected chi connectivity index (χ1v) is 14.3. The Balaban J connectivity index is 1.37. The van der Waals surface area contributed by atoms with E-state index in [0.29, 0.717) is 17.5 Å². The van der Waals surface area contributed by atoms with Gasteiger partial charge in [0.05, 0.1) is 0 Å². The van der Waals surface area contributed by atoms with E-state index in [1.165, 1.54) is 26.9 Å². The zero-order valence-electron chi connectivity index (χ0n) is 21.9. The van der Waals surface area contributed by atoms with Gasteiger partial charge in [-0.05, 0) is 67.4 Å². The molecule has 0 bridgehead atoms. The predicted octanol–water partition coefficient (Wildman–Crippen LogP) is 10.2. The van der Waals surface area contributed by atoms with E-state index in [0.717, 1.165) is 37.3 Å². The van der Waals surface area contributed by atoms with Crippen molar-refractivity contribution in [1.29, 1.82) is 0 Å². The Morgan fingerprint density at radius 1 is 0.341 bits per heavy atom. The molecular formula is C37H22BrN3. The molecule has 0 aliphatic heterocycles. The van der Waals surface area contributed by atoms with Gasteiger partial charge in [0.2, 0.25) is 0 Å². The molecule has 0 fully saturated rings. The number of benzene rings is 7. The Morgan fingerprint density at radius 2 is 0.829 bits per heavy atom. The van der Waals surface area contributed by atoms with Gasteiger partial charge in [0.15, 0.2) is 17.5 Å². The SMILES string of the molecule is Brc1cc(-c2nc(-c3ccc4ccccc4c3)nc(-c3ccc4ccc5ccccc5c4c3)n2)cc2ccccc12. The van der Waals surface area contributed by atoms with Gasteiger partial charge in [0.25, 0.3) is 0 Å². The third-order valence-corrected chi connectivity index (χ3v) is 8.37. The number of hydrogen-bond donors (Lipinski definition) is 0. The fourth-order valence-electron chi connectivity index (χ4n) is 5.63. The van der Waals surface area contributed by atoms with Crippen LogP contribution in [0.1, 0.15) is 0 Å². The highest BCUT2D eigenvalue weighted by molar-refractivity contribution is 9.10. The summed E-state index contributed by atoms with van der Waals surface area (Å²) in [5.41, 5.74) is 2.85. The summed E-state index contributed by atoms with van der Waals surface area (Å²) in [5, 5.41) is 9.42. The first-order valence-electron chi connectivity index (χ1n) is 13.6. The van der Waals surface area contributed by atoms with Crippen LogP contribution < -0.4 is 0 Å². The molecular weight excluding hydrogens is 566 g/mol. The Morgan fingerprint density at radius 3 is 1.59 bits per heavy atom. The maximum Gasteiger partial charge on any atom is 0.164 e. The third kappa shape index (κ3) is 4.24. The van der Waals surface area contributed by atoms with E-state index in [1.54, 1.807) is 0 Å². The van der Waals surface area contributed by atoms with Crippen molar-refractivity contribution in [1.82, 2.24) is 15.0 Å². The molecule has 0 aliphatic carbocycles. The third-order valence-electron chi connectivity index (χ3n) is 7.72. The molecule has 0 saturated heterocycles. The summed E-state index contributed by atoms with van der Waals surface area (Å²) in [6, 6.07) is 46.6. The van der Waals surface area contributed by atoms with Gasteiger partial charge in [-0.15, -0.1) is 0 Å². The van der Waals surface area contributed by atoms with Crippen LogP contribution in [-0.4, -0.2) is 15.0 Å². The van der Waals surface area contributed by atoms with Crippen LogP contribution >= 0.6 is 15.9 Å². The van der Waals surface area contributed by atoms with Crippen molar-refractivity contribution in [2.45, 2.75) is 0 Å². The molecule has 0 saturated carbocycles. The minimum absolute atomic E-state index is 0.641. The molecule has 4 heteroatoms. The molecule has 0 aliphatic rings. The van der Waals surface area contributed by atoms with Crippen molar-refractivity contribution in [2.24, 2.45) is 0 Å². The highest BCUT2D eigenvalue weighted by Gasteiger charge is 2.15. The van der Waals surface area contributed by atoms with Crippen molar-refractivity contribution in [3.05, 3.63) is 138 Å². The lowest BCUT2D eigenvalue weighted by atomic mass is 9.99. The highest BCUT2D eigenvalue weighted by atomic mass is 79.9. The van der Waals surface area contributed by atoms with Crippen molar-refractivity contribution < 1.29 is 0 Å². The van der Waals surface area contributed by atoms with Gasteiger partial charge in [0.1, 0.15) is 0 Å². The minimum atomic E-state index is 0.641. The summed E-state index contributed by atoms with van der Waals surface area (Å²) in [7, 11) is 0. The molecule has 1 heterocycles. The second-order valence-electron chi connectivity index (χ2n) is 10.3. The molecule has 192 valence electrons. The molecule has 8 aromatic rings. The second-order valence-corrected chi connectivity index (χ2v) is 11.1. The molecule has 0 spiro atoms.